The van der Waals surface area contributed by atoms with Gasteiger partial charge in [0.05, 0.1) is 17.3 Å². The van der Waals surface area contributed by atoms with Gasteiger partial charge >= 0.3 is 0 Å². The molecule has 2 N–H and O–H groups in total. The molecule has 2 heterocycles. The van der Waals surface area contributed by atoms with E-state index in [1.54, 1.807) is 11.3 Å². The van der Waals surface area contributed by atoms with Crippen LogP contribution in [0.5, 0.6) is 0 Å². The molecular formula is C11H18N2O2S. The molecule has 1 aromatic rings. The minimum absolute atomic E-state index is 0.0810. The van der Waals surface area contributed by atoms with Crippen LogP contribution in [-0.2, 0) is 11.3 Å². The van der Waals surface area contributed by atoms with Crippen LogP contribution in [0.3, 0.4) is 0 Å². The predicted molar refractivity (Wildman–Crippen MR) is 63.5 cm³/mol. The Kier molecular flexibility index (Phi) is 3.59. The minimum atomic E-state index is -0.710. The molecule has 1 aliphatic heterocycles. The minimum Gasteiger partial charge on any atom is -0.386 e. The van der Waals surface area contributed by atoms with Crippen LogP contribution in [0, 0.1) is 6.92 Å². The topological polar surface area (TPSA) is 54.4 Å². The van der Waals surface area contributed by atoms with Crippen molar-refractivity contribution in [2.24, 2.45) is 0 Å². The van der Waals surface area contributed by atoms with E-state index in [4.69, 9.17) is 4.74 Å². The monoisotopic (exact) mass is 242 g/mol. The lowest BCUT2D eigenvalue weighted by atomic mass is 9.97. The molecule has 0 aliphatic carbocycles. The third-order valence-electron chi connectivity index (χ3n) is 3.22. The number of hydrogen-bond donors (Lipinski definition) is 2. The number of aliphatic hydroxyl groups is 1. The van der Waals surface area contributed by atoms with Crippen molar-refractivity contribution >= 4 is 11.3 Å². The fourth-order valence-electron chi connectivity index (χ4n) is 1.89. The van der Waals surface area contributed by atoms with Gasteiger partial charge in [0.15, 0.2) is 0 Å². The van der Waals surface area contributed by atoms with E-state index in [1.165, 1.54) is 4.88 Å². The summed E-state index contributed by atoms with van der Waals surface area (Å²) in [5.74, 6) is 0. The second-order valence-corrected chi connectivity index (χ2v) is 5.27. The Hall–Kier alpha value is -0.490. The predicted octanol–water partition coefficient (Wildman–Crippen LogP) is 1.08. The number of hydrogen-bond acceptors (Lipinski definition) is 5. The molecule has 0 spiro atoms. The molecule has 16 heavy (non-hydrogen) atoms. The standard InChI is InChI=1S/C11H18N2O2S/c1-8-10(16-7-13-8)5-12-6-11(14)3-4-15-9(11)2/h7,9,12,14H,3-6H2,1-2H3. The lowest BCUT2D eigenvalue weighted by molar-refractivity contribution is -0.0262. The summed E-state index contributed by atoms with van der Waals surface area (Å²) in [4.78, 5) is 5.42. The van der Waals surface area contributed by atoms with E-state index in [2.05, 4.69) is 10.3 Å². The third-order valence-corrected chi connectivity index (χ3v) is 4.16. The Bertz CT molecular complexity index is 356. The molecule has 2 unspecified atom stereocenters. The summed E-state index contributed by atoms with van der Waals surface area (Å²) in [6, 6.07) is 0. The SMILES string of the molecule is Cc1ncsc1CNCC1(O)CCOC1C. The van der Waals surface area contributed by atoms with E-state index in [9.17, 15) is 5.11 Å². The summed E-state index contributed by atoms with van der Waals surface area (Å²) >= 11 is 1.65. The molecule has 1 aromatic heterocycles. The molecule has 0 saturated carbocycles. The summed E-state index contributed by atoms with van der Waals surface area (Å²) < 4.78 is 5.38. The normalized spacial score (nSPS) is 29.8. The number of ether oxygens (including phenoxy) is 1. The molecule has 0 radical (unpaired) electrons. The Morgan fingerprint density at radius 3 is 3.12 bits per heavy atom. The highest BCUT2D eigenvalue weighted by Crippen LogP contribution is 2.25. The summed E-state index contributed by atoms with van der Waals surface area (Å²) in [5.41, 5.74) is 2.21. The highest BCUT2D eigenvalue weighted by molar-refractivity contribution is 7.09. The number of nitrogens with zero attached hydrogens (tertiary/aromatic N) is 1. The van der Waals surface area contributed by atoms with Gasteiger partial charge in [-0.05, 0) is 13.8 Å². The summed E-state index contributed by atoms with van der Waals surface area (Å²) in [6.45, 7) is 5.92. The molecule has 5 heteroatoms. The van der Waals surface area contributed by atoms with Crippen molar-refractivity contribution in [1.29, 1.82) is 0 Å². The first-order valence-corrected chi connectivity index (χ1v) is 6.43. The third kappa shape index (κ3) is 2.43. The van der Waals surface area contributed by atoms with E-state index in [0.29, 0.717) is 19.6 Å². The van der Waals surface area contributed by atoms with Gasteiger partial charge in [-0.25, -0.2) is 4.98 Å². The van der Waals surface area contributed by atoms with Gasteiger partial charge in [0, 0.05) is 31.0 Å². The highest BCUT2D eigenvalue weighted by Gasteiger charge is 2.38. The molecular weight excluding hydrogens is 224 g/mol. The average Bonchev–Trinajstić information content (AvgIpc) is 2.77. The van der Waals surface area contributed by atoms with Crippen molar-refractivity contribution in [3.63, 3.8) is 0 Å². The highest BCUT2D eigenvalue weighted by atomic mass is 32.1. The lowest BCUT2D eigenvalue weighted by Gasteiger charge is -2.26. The van der Waals surface area contributed by atoms with E-state index in [1.807, 2.05) is 19.4 Å². The lowest BCUT2D eigenvalue weighted by Crippen LogP contribution is -2.45. The van der Waals surface area contributed by atoms with Gasteiger partial charge in [0.25, 0.3) is 0 Å². The summed E-state index contributed by atoms with van der Waals surface area (Å²) in [6.07, 6.45) is 0.630. The van der Waals surface area contributed by atoms with Crippen LogP contribution in [0.15, 0.2) is 5.51 Å². The molecule has 90 valence electrons. The van der Waals surface area contributed by atoms with Crippen molar-refractivity contribution < 1.29 is 9.84 Å². The van der Waals surface area contributed by atoms with Crippen molar-refractivity contribution in [3.05, 3.63) is 16.1 Å². The summed E-state index contributed by atoms with van der Waals surface area (Å²) in [7, 11) is 0. The van der Waals surface area contributed by atoms with E-state index in [0.717, 1.165) is 12.2 Å². The van der Waals surface area contributed by atoms with Crippen LogP contribution in [0.4, 0.5) is 0 Å². The largest absolute Gasteiger partial charge is 0.386 e. The number of aromatic nitrogens is 1. The number of rotatable bonds is 4. The van der Waals surface area contributed by atoms with Gasteiger partial charge < -0.3 is 15.2 Å². The Balaban J connectivity index is 1.82. The molecule has 0 bridgehead atoms. The zero-order valence-electron chi connectivity index (χ0n) is 9.69. The number of aryl methyl sites for hydroxylation is 1. The van der Waals surface area contributed by atoms with Crippen molar-refractivity contribution in [3.8, 4) is 0 Å². The molecule has 2 atom stereocenters. The molecule has 1 aliphatic rings. The van der Waals surface area contributed by atoms with E-state index >= 15 is 0 Å². The van der Waals surface area contributed by atoms with Crippen LogP contribution in [0.2, 0.25) is 0 Å². The Morgan fingerprint density at radius 2 is 2.56 bits per heavy atom. The van der Waals surface area contributed by atoms with Gasteiger partial charge in [-0.2, -0.15) is 0 Å². The van der Waals surface area contributed by atoms with Crippen LogP contribution in [0.1, 0.15) is 23.9 Å². The van der Waals surface area contributed by atoms with Crippen LogP contribution >= 0.6 is 11.3 Å². The molecule has 0 aromatic carbocycles. The van der Waals surface area contributed by atoms with E-state index in [-0.39, 0.29) is 6.10 Å². The first-order chi connectivity index (χ1) is 7.62. The zero-order valence-corrected chi connectivity index (χ0v) is 10.5. The molecule has 2 rings (SSSR count). The molecule has 1 saturated heterocycles. The summed E-state index contributed by atoms with van der Waals surface area (Å²) in [5, 5.41) is 13.5. The Labute approximate surface area is 99.7 Å². The average molecular weight is 242 g/mol. The molecule has 1 fully saturated rings. The number of nitrogens with one attached hydrogen (secondary N) is 1. The first kappa shape index (κ1) is 12.0. The Morgan fingerprint density at radius 1 is 1.75 bits per heavy atom. The van der Waals surface area contributed by atoms with Crippen LogP contribution in [-0.4, -0.2) is 34.9 Å². The van der Waals surface area contributed by atoms with Crippen molar-refractivity contribution in [1.82, 2.24) is 10.3 Å². The van der Waals surface area contributed by atoms with Gasteiger partial charge in [0.2, 0.25) is 0 Å². The fraction of sp³-hybridized carbons (Fsp3) is 0.727. The maximum atomic E-state index is 10.3. The smallest absolute Gasteiger partial charge is 0.105 e. The van der Waals surface area contributed by atoms with Gasteiger partial charge in [-0.15, -0.1) is 11.3 Å². The molecule has 4 nitrogen and oxygen atoms in total. The first-order valence-electron chi connectivity index (χ1n) is 5.55. The van der Waals surface area contributed by atoms with Crippen molar-refractivity contribution in [2.45, 2.75) is 38.5 Å². The second-order valence-electron chi connectivity index (χ2n) is 4.33. The van der Waals surface area contributed by atoms with Crippen LogP contribution < -0.4 is 5.32 Å². The van der Waals surface area contributed by atoms with Gasteiger partial charge in [0.1, 0.15) is 5.60 Å². The maximum Gasteiger partial charge on any atom is 0.105 e. The van der Waals surface area contributed by atoms with Crippen LogP contribution in [0.25, 0.3) is 0 Å². The van der Waals surface area contributed by atoms with Crippen molar-refractivity contribution in [2.75, 3.05) is 13.2 Å². The maximum absolute atomic E-state index is 10.3. The zero-order chi connectivity index (χ0) is 11.6. The number of thiazole rings is 1. The molecule has 0 amide bonds. The second kappa shape index (κ2) is 4.79. The van der Waals surface area contributed by atoms with Gasteiger partial charge in [-0.1, -0.05) is 0 Å². The van der Waals surface area contributed by atoms with Gasteiger partial charge in [-0.3, -0.25) is 0 Å². The van der Waals surface area contributed by atoms with E-state index < -0.39 is 5.60 Å². The fourth-order valence-corrected chi connectivity index (χ4v) is 2.64. The quantitative estimate of drug-likeness (QED) is 0.829.